The standard InChI is InChI=1S/C56H42O12/c57-31-9-1-25(2-10-31)43-47-39(65)23-41-49(45(29-17-35(61)21-36(62)18-29)55(67-41)27-5-13-33(59)14-6-27)53(47)52-44(26-3-11-32(58)12-4-26)48-40(66)24-42-50(54(48)51(43)52)46(30-19-37(63)22-38(64)20-30)56(68-42)28-7-15-34(60)16-8-28/h1-24,43-46,51-52,55-66H/t43-,44-,45+,46+,51-,52-,55-,56-/m0/s1. The molecule has 68 heavy (non-hydrogen) atoms. The molecule has 12 heteroatoms. The van der Waals surface area contributed by atoms with E-state index in [9.17, 15) is 51.1 Å². The Morgan fingerprint density at radius 2 is 0.544 bits per heavy atom. The summed E-state index contributed by atoms with van der Waals surface area (Å²) in [5, 5.41) is 111. The molecule has 0 spiro atoms. The molecular weight excluding hydrogens is 865 g/mol. The summed E-state index contributed by atoms with van der Waals surface area (Å²) >= 11 is 0. The molecule has 12 nitrogen and oxygen atoms in total. The molecule has 8 aromatic rings. The predicted molar refractivity (Wildman–Crippen MR) is 248 cm³/mol. The molecule has 12 rings (SSSR count). The zero-order valence-electron chi connectivity index (χ0n) is 35.8. The van der Waals surface area contributed by atoms with E-state index in [-0.39, 0.29) is 57.5 Å². The average Bonchev–Trinajstić information content (AvgIpc) is 4.05. The van der Waals surface area contributed by atoms with Gasteiger partial charge in [-0.3, -0.25) is 0 Å². The fourth-order valence-electron chi connectivity index (χ4n) is 12.0. The van der Waals surface area contributed by atoms with Gasteiger partial charge in [0.1, 0.15) is 81.2 Å². The van der Waals surface area contributed by atoms with Gasteiger partial charge >= 0.3 is 0 Å². The van der Waals surface area contributed by atoms with E-state index in [4.69, 9.17) is 9.47 Å². The maximum Gasteiger partial charge on any atom is 0.135 e. The minimum atomic E-state index is -0.792. The van der Waals surface area contributed by atoms with E-state index in [1.165, 1.54) is 12.1 Å². The van der Waals surface area contributed by atoms with E-state index in [0.29, 0.717) is 67.1 Å². The van der Waals surface area contributed by atoms with Gasteiger partial charge in [0.15, 0.2) is 0 Å². The van der Waals surface area contributed by atoms with Gasteiger partial charge in [0.05, 0.1) is 11.8 Å². The van der Waals surface area contributed by atoms with E-state index >= 15 is 0 Å². The maximum absolute atomic E-state index is 12.6. The van der Waals surface area contributed by atoms with Crippen LogP contribution in [0.25, 0.3) is 0 Å². The molecule has 2 heterocycles. The molecular formula is C56H42O12. The van der Waals surface area contributed by atoms with Crippen LogP contribution in [0.4, 0.5) is 0 Å². The van der Waals surface area contributed by atoms with Crippen LogP contribution in [0, 0.1) is 0 Å². The van der Waals surface area contributed by atoms with Crippen molar-refractivity contribution >= 4 is 0 Å². The smallest absolute Gasteiger partial charge is 0.135 e. The van der Waals surface area contributed by atoms with Crippen LogP contribution >= 0.6 is 0 Å². The highest BCUT2D eigenvalue weighted by atomic mass is 16.5. The summed E-state index contributed by atoms with van der Waals surface area (Å²) in [6.07, 6.45) is -1.58. The first-order valence-electron chi connectivity index (χ1n) is 22.2. The van der Waals surface area contributed by atoms with Crippen molar-refractivity contribution in [1.82, 2.24) is 0 Å². The number of phenols is 10. The molecule has 10 N–H and O–H groups in total. The fraction of sp³-hybridized carbons (Fsp3) is 0.143. The highest BCUT2D eigenvalue weighted by Crippen LogP contribution is 2.74. The second kappa shape index (κ2) is 14.9. The lowest BCUT2D eigenvalue weighted by atomic mass is 9.74. The number of ether oxygens (including phenoxy) is 2. The van der Waals surface area contributed by atoms with Crippen LogP contribution < -0.4 is 9.47 Å². The Morgan fingerprint density at radius 1 is 0.250 bits per heavy atom. The molecule has 0 fully saturated rings. The number of aromatic hydroxyl groups is 10. The molecule has 0 bridgehead atoms. The Kier molecular flexibility index (Phi) is 8.97. The number of hydrogen-bond acceptors (Lipinski definition) is 12. The monoisotopic (exact) mass is 906 g/mol. The molecule has 4 aliphatic rings. The molecule has 2 aliphatic heterocycles. The lowest BCUT2D eigenvalue weighted by molar-refractivity contribution is 0.221. The van der Waals surface area contributed by atoms with Crippen LogP contribution in [0.1, 0.15) is 114 Å². The van der Waals surface area contributed by atoms with Crippen LogP contribution in [0.15, 0.2) is 146 Å². The van der Waals surface area contributed by atoms with Crippen molar-refractivity contribution in [2.75, 3.05) is 0 Å². The normalized spacial score (nSPS) is 22.6. The van der Waals surface area contributed by atoms with Crippen LogP contribution in [-0.4, -0.2) is 51.1 Å². The second-order valence-corrected chi connectivity index (χ2v) is 18.2. The van der Waals surface area contributed by atoms with Crippen LogP contribution in [-0.2, 0) is 0 Å². The van der Waals surface area contributed by atoms with E-state index in [2.05, 4.69) is 0 Å². The van der Waals surface area contributed by atoms with Crippen molar-refractivity contribution in [2.45, 2.75) is 47.7 Å². The van der Waals surface area contributed by atoms with Crippen molar-refractivity contribution in [3.05, 3.63) is 212 Å². The Bertz CT molecular complexity index is 3070. The quantitative estimate of drug-likeness (QED) is 0.0753. The first-order valence-corrected chi connectivity index (χ1v) is 22.2. The summed E-state index contributed by atoms with van der Waals surface area (Å²) in [7, 11) is 0. The molecule has 338 valence electrons. The molecule has 0 radical (unpaired) electrons. The van der Waals surface area contributed by atoms with Crippen LogP contribution in [0.5, 0.6) is 69.0 Å². The van der Waals surface area contributed by atoms with E-state index < -0.39 is 47.7 Å². The topological polar surface area (TPSA) is 221 Å². The van der Waals surface area contributed by atoms with Gasteiger partial charge in [-0.25, -0.2) is 0 Å². The van der Waals surface area contributed by atoms with Crippen molar-refractivity contribution in [3.63, 3.8) is 0 Å². The minimum Gasteiger partial charge on any atom is -0.508 e. The summed E-state index contributed by atoms with van der Waals surface area (Å²) in [6, 6.07) is 38.6. The minimum absolute atomic E-state index is 0.0248. The molecule has 0 saturated heterocycles. The Balaban J connectivity index is 1.19. The van der Waals surface area contributed by atoms with Crippen LogP contribution in [0.2, 0.25) is 0 Å². The average molecular weight is 907 g/mol. The molecule has 8 atom stereocenters. The Labute approximate surface area is 388 Å². The van der Waals surface area contributed by atoms with E-state index in [0.717, 1.165) is 11.1 Å². The van der Waals surface area contributed by atoms with Crippen molar-refractivity contribution < 1.29 is 60.5 Å². The molecule has 8 aromatic carbocycles. The lowest BCUT2D eigenvalue weighted by Crippen LogP contribution is -2.15. The lowest BCUT2D eigenvalue weighted by Gasteiger charge is -2.27. The second-order valence-electron chi connectivity index (χ2n) is 18.2. The third-order valence-corrected chi connectivity index (χ3v) is 14.4. The third-order valence-electron chi connectivity index (χ3n) is 14.4. The molecule has 2 aliphatic carbocycles. The Morgan fingerprint density at radius 3 is 0.853 bits per heavy atom. The number of fused-ring (bicyclic) bond motifs is 9. The highest BCUT2D eigenvalue weighted by Gasteiger charge is 2.59. The fourth-order valence-corrected chi connectivity index (χ4v) is 12.0. The predicted octanol–water partition coefficient (Wildman–Crippen LogP) is 10.4. The summed E-state index contributed by atoms with van der Waals surface area (Å²) in [4.78, 5) is 0. The van der Waals surface area contributed by atoms with Crippen LogP contribution in [0.3, 0.4) is 0 Å². The third kappa shape index (κ3) is 6.20. The highest BCUT2D eigenvalue weighted by molar-refractivity contribution is 5.75. The number of rotatable bonds is 6. The molecule has 0 saturated carbocycles. The Hall–Kier alpha value is -8.64. The zero-order valence-corrected chi connectivity index (χ0v) is 35.8. The van der Waals surface area contributed by atoms with Gasteiger partial charge in [0.25, 0.3) is 0 Å². The van der Waals surface area contributed by atoms with Gasteiger partial charge in [0, 0.05) is 70.2 Å². The van der Waals surface area contributed by atoms with Gasteiger partial charge in [-0.05, 0) is 117 Å². The van der Waals surface area contributed by atoms with E-state index in [1.54, 1.807) is 133 Å². The van der Waals surface area contributed by atoms with Crippen molar-refractivity contribution in [2.24, 2.45) is 0 Å². The largest absolute Gasteiger partial charge is 0.508 e. The summed E-state index contributed by atoms with van der Waals surface area (Å²) in [5.41, 5.74) is 7.62. The first kappa shape index (κ1) is 40.8. The number of phenolic OH excluding ortho intramolecular Hbond substituents is 10. The number of benzene rings is 8. The molecule has 0 amide bonds. The van der Waals surface area contributed by atoms with E-state index in [1.807, 2.05) is 0 Å². The number of hydrogen-bond donors (Lipinski definition) is 10. The summed E-state index contributed by atoms with van der Waals surface area (Å²) in [6.45, 7) is 0. The van der Waals surface area contributed by atoms with Gasteiger partial charge in [-0.2, -0.15) is 0 Å². The van der Waals surface area contributed by atoms with Gasteiger partial charge < -0.3 is 60.5 Å². The first-order chi connectivity index (χ1) is 32.8. The SMILES string of the molecule is Oc1ccc([C@H]2c3c(O)cc4c(c3[C@H]3[C@@H](c5ccc(O)cc5)c5c(O)cc6c(c5[C@@H]23)[C@@H](c2cc(O)cc(O)c2)[C@H](c2ccc(O)cc2)O6)[C@@H](c2cc(O)cc(O)c2)[C@H](c2ccc(O)cc2)O4)cc1. The zero-order chi connectivity index (χ0) is 46.9. The summed E-state index contributed by atoms with van der Waals surface area (Å²) in [5.74, 6) is -4.13. The van der Waals surface area contributed by atoms with Gasteiger partial charge in [0.2, 0.25) is 0 Å². The summed E-state index contributed by atoms with van der Waals surface area (Å²) < 4.78 is 13.8. The molecule has 0 unspecified atom stereocenters. The van der Waals surface area contributed by atoms with Crippen molar-refractivity contribution in [1.29, 1.82) is 0 Å². The molecule has 0 aromatic heterocycles. The van der Waals surface area contributed by atoms with Gasteiger partial charge in [-0.1, -0.05) is 48.5 Å². The maximum atomic E-state index is 12.6. The van der Waals surface area contributed by atoms with Gasteiger partial charge in [-0.15, -0.1) is 0 Å². The van der Waals surface area contributed by atoms with Crippen molar-refractivity contribution in [3.8, 4) is 69.0 Å².